The SMILES string of the molecule is CCC1Cc2c(nn(C)c2-c2cc(F)c(F)c(F)c2)C(CC)N1C(=O)c1cnc2ccccn12. The van der Waals surface area contributed by atoms with Crippen molar-refractivity contribution in [2.24, 2.45) is 7.05 Å². The second kappa shape index (κ2) is 8.30. The number of benzene rings is 1. The van der Waals surface area contributed by atoms with E-state index in [0.717, 1.165) is 17.7 Å². The van der Waals surface area contributed by atoms with Crippen molar-refractivity contribution in [1.29, 1.82) is 0 Å². The van der Waals surface area contributed by atoms with E-state index in [1.165, 1.54) is 0 Å². The minimum atomic E-state index is -1.50. The van der Waals surface area contributed by atoms with Gasteiger partial charge in [0.05, 0.1) is 23.6 Å². The number of hydrogen-bond donors (Lipinski definition) is 0. The van der Waals surface area contributed by atoms with E-state index in [1.807, 2.05) is 43.1 Å². The summed E-state index contributed by atoms with van der Waals surface area (Å²) in [5, 5.41) is 4.67. The molecule has 1 aliphatic heterocycles. The Balaban J connectivity index is 1.63. The standard InChI is InChI=1S/C25H24F3N5O/c1-4-15-12-16-23(30-31(3)24(16)14-10-17(26)22(28)18(27)11-14)19(5-2)33(15)25(34)20-13-29-21-8-6-7-9-32(20)21/h6-11,13,15,19H,4-5,12H2,1-3H3. The molecule has 0 radical (unpaired) electrons. The Morgan fingerprint density at radius 3 is 2.53 bits per heavy atom. The van der Waals surface area contributed by atoms with Crippen molar-refractivity contribution in [3.8, 4) is 11.3 Å². The molecule has 1 aliphatic rings. The number of pyridine rings is 1. The number of carbonyl (C=O) groups is 1. The van der Waals surface area contributed by atoms with Crippen LogP contribution in [0.5, 0.6) is 0 Å². The highest BCUT2D eigenvalue weighted by Crippen LogP contribution is 2.41. The van der Waals surface area contributed by atoms with E-state index in [0.29, 0.717) is 42.0 Å². The Bertz CT molecular complexity index is 1390. The van der Waals surface area contributed by atoms with Gasteiger partial charge in [0.15, 0.2) is 17.5 Å². The molecular formula is C25H24F3N5O. The van der Waals surface area contributed by atoms with E-state index in [-0.39, 0.29) is 23.6 Å². The van der Waals surface area contributed by atoms with E-state index in [2.05, 4.69) is 10.1 Å². The maximum Gasteiger partial charge on any atom is 0.273 e. The number of rotatable bonds is 4. The Morgan fingerprint density at radius 2 is 1.85 bits per heavy atom. The second-order valence-corrected chi connectivity index (χ2v) is 8.56. The third kappa shape index (κ3) is 3.29. The number of amides is 1. The summed E-state index contributed by atoms with van der Waals surface area (Å²) in [7, 11) is 1.69. The molecule has 1 amide bonds. The summed E-state index contributed by atoms with van der Waals surface area (Å²) in [6, 6.07) is 7.06. The van der Waals surface area contributed by atoms with Crippen LogP contribution in [0.2, 0.25) is 0 Å². The van der Waals surface area contributed by atoms with Crippen molar-refractivity contribution >= 4 is 11.6 Å². The van der Waals surface area contributed by atoms with E-state index >= 15 is 0 Å². The topological polar surface area (TPSA) is 55.4 Å². The largest absolute Gasteiger partial charge is 0.325 e. The van der Waals surface area contributed by atoms with Gasteiger partial charge in [-0.1, -0.05) is 19.9 Å². The first-order valence-electron chi connectivity index (χ1n) is 11.3. The van der Waals surface area contributed by atoms with E-state index in [4.69, 9.17) is 0 Å². The minimum Gasteiger partial charge on any atom is -0.325 e. The molecule has 9 heteroatoms. The molecule has 6 nitrogen and oxygen atoms in total. The fourth-order valence-corrected chi connectivity index (χ4v) is 5.09. The van der Waals surface area contributed by atoms with Crippen LogP contribution >= 0.6 is 0 Å². The van der Waals surface area contributed by atoms with Gasteiger partial charge in [-0.15, -0.1) is 0 Å². The van der Waals surface area contributed by atoms with Crippen LogP contribution in [0.3, 0.4) is 0 Å². The number of aryl methyl sites for hydroxylation is 1. The summed E-state index contributed by atoms with van der Waals surface area (Å²) in [6.45, 7) is 3.98. The normalized spacial score (nSPS) is 17.9. The van der Waals surface area contributed by atoms with Crippen molar-refractivity contribution in [2.45, 2.75) is 45.2 Å². The lowest BCUT2D eigenvalue weighted by Crippen LogP contribution is -2.47. The average Bonchev–Trinajstić information content (AvgIpc) is 3.40. The van der Waals surface area contributed by atoms with Crippen LogP contribution in [0.4, 0.5) is 13.2 Å². The molecule has 5 rings (SSSR count). The fraction of sp³-hybridized carbons (Fsp3) is 0.320. The van der Waals surface area contributed by atoms with Gasteiger partial charge >= 0.3 is 0 Å². The summed E-state index contributed by atoms with van der Waals surface area (Å²) in [5.41, 5.74) is 3.43. The third-order valence-electron chi connectivity index (χ3n) is 6.65. The highest BCUT2D eigenvalue weighted by molar-refractivity contribution is 5.94. The maximum absolute atomic E-state index is 14.0. The van der Waals surface area contributed by atoms with Gasteiger partial charge < -0.3 is 4.90 Å². The predicted octanol–water partition coefficient (Wildman–Crippen LogP) is 5.08. The molecule has 2 atom stereocenters. The monoisotopic (exact) mass is 467 g/mol. The minimum absolute atomic E-state index is 0.144. The van der Waals surface area contributed by atoms with Crippen molar-refractivity contribution < 1.29 is 18.0 Å². The lowest BCUT2D eigenvalue weighted by molar-refractivity contribution is 0.0505. The van der Waals surface area contributed by atoms with Gasteiger partial charge in [-0.25, -0.2) is 18.2 Å². The van der Waals surface area contributed by atoms with Crippen LogP contribution in [0.1, 0.15) is 54.5 Å². The lowest BCUT2D eigenvalue weighted by Gasteiger charge is -2.41. The Kier molecular flexibility index (Phi) is 5.42. The number of hydrogen-bond acceptors (Lipinski definition) is 3. The first-order valence-corrected chi connectivity index (χ1v) is 11.3. The summed E-state index contributed by atoms with van der Waals surface area (Å²) in [6.07, 6.45) is 5.14. The molecule has 0 saturated carbocycles. The zero-order valence-corrected chi connectivity index (χ0v) is 19.1. The summed E-state index contributed by atoms with van der Waals surface area (Å²) < 4.78 is 45.0. The molecule has 0 N–H and O–H groups in total. The molecule has 3 aromatic heterocycles. The molecule has 1 aromatic carbocycles. The van der Waals surface area contributed by atoms with Gasteiger partial charge in [-0.05, 0) is 43.5 Å². The van der Waals surface area contributed by atoms with Gasteiger partial charge in [-0.3, -0.25) is 13.9 Å². The van der Waals surface area contributed by atoms with Crippen LogP contribution in [0.25, 0.3) is 16.9 Å². The molecule has 4 aromatic rings. The number of aromatic nitrogens is 4. The third-order valence-corrected chi connectivity index (χ3v) is 6.65. The number of fused-ring (bicyclic) bond motifs is 2. The molecule has 0 spiro atoms. The Labute approximate surface area is 194 Å². The van der Waals surface area contributed by atoms with Crippen LogP contribution in [0, 0.1) is 17.5 Å². The molecule has 0 bridgehead atoms. The Morgan fingerprint density at radius 1 is 1.12 bits per heavy atom. The first kappa shape index (κ1) is 22.2. The molecular weight excluding hydrogens is 443 g/mol. The molecule has 0 saturated heterocycles. The smallest absolute Gasteiger partial charge is 0.273 e. The highest BCUT2D eigenvalue weighted by atomic mass is 19.2. The van der Waals surface area contributed by atoms with Crippen LogP contribution in [0.15, 0.2) is 42.7 Å². The van der Waals surface area contributed by atoms with Crippen molar-refractivity contribution in [3.63, 3.8) is 0 Å². The van der Waals surface area contributed by atoms with E-state index < -0.39 is 17.5 Å². The quantitative estimate of drug-likeness (QED) is 0.394. The molecule has 0 fully saturated rings. The highest BCUT2D eigenvalue weighted by Gasteiger charge is 2.40. The summed E-state index contributed by atoms with van der Waals surface area (Å²) >= 11 is 0. The van der Waals surface area contributed by atoms with Crippen LogP contribution in [-0.2, 0) is 13.5 Å². The maximum atomic E-state index is 14.0. The van der Waals surface area contributed by atoms with E-state index in [9.17, 15) is 18.0 Å². The molecule has 34 heavy (non-hydrogen) atoms. The fourth-order valence-electron chi connectivity index (χ4n) is 5.09. The number of carbonyl (C=O) groups excluding carboxylic acids is 1. The molecule has 0 aliphatic carbocycles. The number of nitrogens with zero attached hydrogens (tertiary/aromatic N) is 5. The average molecular weight is 467 g/mol. The van der Waals surface area contributed by atoms with Gasteiger partial charge in [-0.2, -0.15) is 5.10 Å². The molecule has 176 valence electrons. The van der Waals surface area contributed by atoms with Gasteiger partial charge in [0.1, 0.15) is 11.3 Å². The van der Waals surface area contributed by atoms with Crippen molar-refractivity contribution in [1.82, 2.24) is 24.1 Å². The number of halogens is 3. The summed E-state index contributed by atoms with van der Waals surface area (Å²) in [5.74, 6) is -4.13. The van der Waals surface area contributed by atoms with Gasteiger partial charge in [0, 0.05) is 30.4 Å². The summed E-state index contributed by atoms with van der Waals surface area (Å²) in [4.78, 5) is 20.0. The van der Waals surface area contributed by atoms with Crippen molar-refractivity contribution in [2.75, 3.05) is 0 Å². The zero-order chi connectivity index (χ0) is 24.1. The molecule has 4 heterocycles. The van der Waals surface area contributed by atoms with Gasteiger partial charge in [0.2, 0.25) is 0 Å². The predicted molar refractivity (Wildman–Crippen MR) is 121 cm³/mol. The van der Waals surface area contributed by atoms with E-state index in [1.54, 1.807) is 22.3 Å². The lowest BCUT2D eigenvalue weighted by atomic mass is 9.87. The van der Waals surface area contributed by atoms with Crippen molar-refractivity contribution in [3.05, 3.63) is 77.1 Å². The van der Waals surface area contributed by atoms with Crippen LogP contribution in [-0.4, -0.2) is 36.0 Å². The van der Waals surface area contributed by atoms with Gasteiger partial charge in [0.25, 0.3) is 5.91 Å². The Hall–Kier alpha value is -3.62. The zero-order valence-electron chi connectivity index (χ0n) is 19.1. The molecule has 2 unspecified atom stereocenters. The van der Waals surface area contributed by atoms with Crippen LogP contribution < -0.4 is 0 Å². The second-order valence-electron chi connectivity index (χ2n) is 8.56. The number of imidazole rings is 1. The first-order chi connectivity index (χ1) is 16.3.